The Morgan fingerprint density at radius 3 is 2.71 bits per heavy atom. The summed E-state index contributed by atoms with van der Waals surface area (Å²) in [6, 6.07) is 8.05. The fraction of sp³-hybridized carbons (Fsp3) is 0.235. The number of benzene rings is 1. The molecule has 3 aromatic rings. The number of halogens is 1. The first-order valence-corrected chi connectivity index (χ1v) is 7.53. The van der Waals surface area contributed by atoms with Crippen LogP contribution in [0.15, 0.2) is 36.5 Å². The quantitative estimate of drug-likeness (QED) is 0.801. The van der Waals surface area contributed by atoms with Gasteiger partial charge >= 0.3 is 0 Å². The highest BCUT2D eigenvalue weighted by Crippen LogP contribution is 2.15. The topological polar surface area (TPSA) is 64.7 Å². The van der Waals surface area contributed by atoms with Gasteiger partial charge in [0.15, 0.2) is 5.82 Å². The molecule has 1 N–H and O–H groups in total. The molecule has 0 atom stereocenters. The molecule has 2 heterocycles. The van der Waals surface area contributed by atoms with Crippen LogP contribution in [0.4, 0.5) is 10.2 Å². The molecule has 0 spiro atoms. The van der Waals surface area contributed by atoms with Crippen molar-refractivity contribution in [3.63, 3.8) is 0 Å². The number of anilines is 1. The lowest BCUT2D eigenvalue weighted by Crippen LogP contribution is -2.15. The summed E-state index contributed by atoms with van der Waals surface area (Å²) in [6.07, 6.45) is 1.74. The van der Waals surface area contributed by atoms with E-state index in [0.717, 1.165) is 11.3 Å². The molecule has 0 radical (unpaired) electrons. The summed E-state index contributed by atoms with van der Waals surface area (Å²) in [4.78, 5) is 12.4. The molecule has 1 aromatic carbocycles. The van der Waals surface area contributed by atoms with Crippen LogP contribution in [-0.2, 0) is 13.6 Å². The molecule has 0 unspecified atom stereocenters. The standard InChI is InChI=1S/C17H18FN5O/c1-11-16(12(2)22(3)20-11)17(24)19-15-7-8-23(21-15)10-13-5-4-6-14(18)9-13/h4-9H,10H2,1-3H3,(H,19,21,24). The zero-order valence-electron chi connectivity index (χ0n) is 13.7. The first-order chi connectivity index (χ1) is 11.4. The normalized spacial score (nSPS) is 10.8. The number of carbonyl (C=O) groups is 1. The lowest BCUT2D eigenvalue weighted by molar-refractivity contribution is 0.102. The summed E-state index contributed by atoms with van der Waals surface area (Å²) in [5.41, 5.74) is 2.82. The molecule has 2 aromatic heterocycles. The van der Waals surface area contributed by atoms with E-state index in [1.54, 1.807) is 41.7 Å². The minimum atomic E-state index is -0.282. The minimum Gasteiger partial charge on any atom is -0.305 e. The highest BCUT2D eigenvalue weighted by Gasteiger charge is 2.18. The maximum atomic E-state index is 13.2. The van der Waals surface area contributed by atoms with Gasteiger partial charge in [-0.2, -0.15) is 10.2 Å². The van der Waals surface area contributed by atoms with Gasteiger partial charge in [0.1, 0.15) is 5.82 Å². The predicted octanol–water partition coefficient (Wildman–Crippen LogP) is 2.67. The van der Waals surface area contributed by atoms with Gasteiger partial charge in [0.2, 0.25) is 0 Å². The Labute approximate surface area is 138 Å². The van der Waals surface area contributed by atoms with Crippen molar-refractivity contribution in [2.75, 3.05) is 5.32 Å². The van der Waals surface area contributed by atoms with E-state index < -0.39 is 0 Å². The highest BCUT2D eigenvalue weighted by molar-refractivity contribution is 6.05. The van der Waals surface area contributed by atoms with Crippen LogP contribution >= 0.6 is 0 Å². The Kier molecular flexibility index (Phi) is 4.16. The number of amides is 1. The van der Waals surface area contributed by atoms with Gasteiger partial charge in [-0.3, -0.25) is 14.2 Å². The van der Waals surface area contributed by atoms with E-state index in [1.165, 1.54) is 12.1 Å². The molecule has 0 aliphatic carbocycles. The van der Waals surface area contributed by atoms with Crippen molar-refractivity contribution < 1.29 is 9.18 Å². The van der Waals surface area contributed by atoms with Crippen LogP contribution in [0.3, 0.4) is 0 Å². The van der Waals surface area contributed by atoms with Crippen LogP contribution in [0.2, 0.25) is 0 Å². The summed E-state index contributed by atoms with van der Waals surface area (Å²) in [7, 11) is 1.80. The largest absolute Gasteiger partial charge is 0.305 e. The van der Waals surface area contributed by atoms with Crippen molar-refractivity contribution in [1.82, 2.24) is 19.6 Å². The van der Waals surface area contributed by atoms with Crippen LogP contribution < -0.4 is 5.32 Å². The van der Waals surface area contributed by atoms with E-state index in [9.17, 15) is 9.18 Å². The molecule has 0 saturated carbocycles. The summed E-state index contributed by atoms with van der Waals surface area (Å²) < 4.78 is 16.5. The third-order valence-corrected chi connectivity index (χ3v) is 3.85. The maximum Gasteiger partial charge on any atom is 0.260 e. The lowest BCUT2D eigenvalue weighted by atomic mass is 10.2. The van der Waals surface area contributed by atoms with Gasteiger partial charge in [-0.15, -0.1) is 0 Å². The van der Waals surface area contributed by atoms with Crippen molar-refractivity contribution in [3.8, 4) is 0 Å². The third kappa shape index (κ3) is 3.19. The summed E-state index contributed by atoms with van der Waals surface area (Å²) in [5.74, 6) is -0.0797. The van der Waals surface area contributed by atoms with Crippen LogP contribution in [0.1, 0.15) is 27.3 Å². The molecule has 0 bridgehead atoms. The van der Waals surface area contributed by atoms with Gasteiger partial charge < -0.3 is 5.32 Å². The summed E-state index contributed by atoms with van der Waals surface area (Å²) >= 11 is 0. The molecule has 6 nitrogen and oxygen atoms in total. The Morgan fingerprint density at radius 2 is 2.04 bits per heavy atom. The number of nitrogens with one attached hydrogen (secondary N) is 1. The Balaban J connectivity index is 1.73. The molecule has 7 heteroatoms. The van der Waals surface area contributed by atoms with Crippen molar-refractivity contribution in [2.45, 2.75) is 20.4 Å². The van der Waals surface area contributed by atoms with Crippen molar-refractivity contribution >= 4 is 11.7 Å². The molecular weight excluding hydrogens is 309 g/mol. The van der Waals surface area contributed by atoms with Gasteiger partial charge in [-0.25, -0.2) is 4.39 Å². The average Bonchev–Trinajstić information content (AvgIpc) is 3.04. The Bertz CT molecular complexity index is 896. The summed E-state index contributed by atoms with van der Waals surface area (Å²) in [5, 5.41) is 11.3. The van der Waals surface area contributed by atoms with Gasteiger partial charge in [0.25, 0.3) is 5.91 Å². The maximum absolute atomic E-state index is 13.2. The van der Waals surface area contributed by atoms with Gasteiger partial charge in [-0.05, 0) is 31.5 Å². The molecule has 1 amide bonds. The van der Waals surface area contributed by atoms with Gasteiger partial charge in [0, 0.05) is 25.0 Å². The first kappa shape index (κ1) is 15.9. The Hall–Kier alpha value is -2.96. The monoisotopic (exact) mass is 327 g/mol. The van der Waals surface area contributed by atoms with E-state index in [-0.39, 0.29) is 11.7 Å². The van der Waals surface area contributed by atoms with Crippen molar-refractivity contribution in [2.24, 2.45) is 7.05 Å². The molecule has 24 heavy (non-hydrogen) atoms. The fourth-order valence-electron chi connectivity index (χ4n) is 2.62. The number of carbonyl (C=O) groups excluding carboxylic acids is 1. The SMILES string of the molecule is Cc1nn(C)c(C)c1C(=O)Nc1ccn(Cc2cccc(F)c2)n1. The lowest BCUT2D eigenvalue weighted by Gasteiger charge is -2.04. The highest BCUT2D eigenvalue weighted by atomic mass is 19.1. The molecule has 0 aliphatic rings. The van der Waals surface area contributed by atoms with Crippen molar-refractivity contribution in [3.05, 3.63) is 64.9 Å². The number of rotatable bonds is 4. The number of aryl methyl sites for hydroxylation is 2. The van der Waals surface area contributed by atoms with Crippen LogP contribution in [-0.4, -0.2) is 25.5 Å². The second-order valence-corrected chi connectivity index (χ2v) is 5.65. The smallest absolute Gasteiger partial charge is 0.260 e. The first-order valence-electron chi connectivity index (χ1n) is 7.53. The van der Waals surface area contributed by atoms with Crippen molar-refractivity contribution in [1.29, 1.82) is 0 Å². The zero-order valence-corrected chi connectivity index (χ0v) is 13.7. The molecule has 0 saturated heterocycles. The zero-order chi connectivity index (χ0) is 17.3. The Morgan fingerprint density at radius 1 is 1.25 bits per heavy atom. The minimum absolute atomic E-state index is 0.242. The number of nitrogens with zero attached hydrogens (tertiary/aromatic N) is 4. The van der Waals surface area contributed by atoms with Gasteiger partial charge in [-0.1, -0.05) is 12.1 Å². The van der Waals surface area contributed by atoms with E-state index in [0.29, 0.717) is 23.6 Å². The number of hydrogen-bond acceptors (Lipinski definition) is 3. The molecule has 124 valence electrons. The van der Waals surface area contributed by atoms with Gasteiger partial charge in [0.05, 0.1) is 17.8 Å². The predicted molar refractivity (Wildman–Crippen MR) is 88.4 cm³/mol. The summed E-state index contributed by atoms with van der Waals surface area (Å²) in [6.45, 7) is 4.07. The fourth-order valence-corrected chi connectivity index (χ4v) is 2.62. The average molecular weight is 327 g/mol. The van der Waals surface area contributed by atoms with E-state index in [4.69, 9.17) is 0 Å². The second-order valence-electron chi connectivity index (χ2n) is 5.65. The van der Waals surface area contributed by atoms with E-state index in [2.05, 4.69) is 15.5 Å². The molecule has 0 aliphatic heterocycles. The molecule has 3 rings (SSSR count). The van der Waals surface area contributed by atoms with E-state index in [1.807, 2.05) is 13.0 Å². The van der Waals surface area contributed by atoms with Crippen LogP contribution in [0, 0.1) is 19.7 Å². The number of hydrogen-bond donors (Lipinski definition) is 1. The van der Waals surface area contributed by atoms with Crippen LogP contribution in [0.5, 0.6) is 0 Å². The second kappa shape index (κ2) is 6.27. The number of aromatic nitrogens is 4. The third-order valence-electron chi connectivity index (χ3n) is 3.85. The van der Waals surface area contributed by atoms with Crippen LogP contribution in [0.25, 0.3) is 0 Å². The molecular formula is C17H18FN5O. The molecule has 0 fully saturated rings. The van der Waals surface area contributed by atoms with E-state index >= 15 is 0 Å².